The van der Waals surface area contributed by atoms with Gasteiger partial charge in [-0.05, 0) is 79.6 Å². The van der Waals surface area contributed by atoms with Crippen molar-refractivity contribution >= 4 is 149 Å². The number of fused-ring (bicyclic) bond motifs is 3. The van der Waals surface area contributed by atoms with Crippen molar-refractivity contribution in [1.29, 1.82) is 0 Å². The smallest absolute Gasteiger partial charge is 0.297 e. The highest BCUT2D eigenvalue weighted by molar-refractivity contribution is 7.87. The number of phenolic OH excluding ortho intramolecular Hbond substituents is 1. The number of aromatic nitrogens is 3. The number of aromatic hydroxyl groups is 2. The Kier molecular flexibility index (Phi) is 16.1. The van der Waals surface area contributed by atoms with E-state index in [-0.39, 0.29) is 78.2 Å². The Bertz CT molecular complexity index is 5080. The molecule has 438 valence electrons. The first-order valence-corrected chi connectivity index (χ1v) is 32.8. The lowest BCUT2D eigenvalue weighted by atomic mass is 10.1. The van der Waals surface area contributed by atoms with Crippen LogP contribution in [0, 0.1) is 6.92 Å². The van der Waals surface area contributed by atoms with Gasteiger partial charge < -0.3 is 14.9 Å². The van der Waals surface area contributed by atoms with Gasteiger partial charge in [0.25, 0.3) is 60.7 Å². The number of aryl methyl sites for hydroxylation is 1. The van der Waals surface area contributed by atoms with Gasteiger partial charge >= 0.3 is 0 Å². The zero-order valence-electron chi connectivity index (χ0n) is 41.6. The van der Waals surface area contributed by atoms with E-state index >= 15 is 0 Å². The highest BCUT2D eigenvalue weighted by Gasteiger charge is 2.29. The Morgan fingerprint density at radius 2 is 1.19 bits per heavy atom. The Morgan fingerprint density at radius 1 is 0.583 bits per heavy atom. The Morgan fingerprint density at radius 3 is 1.83 bits per heavy atom. The number of hydrogen-bond donors (Lipinski definition) is 8. The molecule has 0 aliphatic heterocycles. The summed E-state index contributed by atoms with van der Waals surface area (Å²) in [5, 5.41) is 49.9. The number of phenols is 1. The molecule has 0 spiro atoms. The van der Waals surface area contributed by atoms with E-state index in [1.54, 1.807) is 13.0 Å². The van der Waals surface area contributed by atoms with Crippen LogP contribution in [0.5, 0.6) is 17.4 Å². The van der Waals surface area contributed by atoms with Gasteiger partial charge in [-0.1, -0.05) is 59.3 Å². The molecule has 0 bridgehead atoms. The zero-order chi connectivity index (χ0) is 61.2. The van der Waals surface area contributed by atoms with Crippen molar-refractivity contribution < 1.29 is 92.8 Å². The SMILES string of the molecule is Cc1cc(N=Nc2ccc3c(S(=O)(=O)O)c(N=Nc4c(-c5ccccc5)nn(-c5cc(S(=O)(=O)O)c6cc(S(=O)(=O)O)cc(S(=O)(=O)O)c6c5)c4O)ccc3c2O)c(OCCCS(=O)(=O)O)cc1N=Nc1nc2c(S(=O)(=O)O)cc(Cl)cc2s1. The maximum Gasteiger partial charge on any atom is 0.297 e. The monoisotopic (exact) mass is 1310 g/mol. The van der Waals surface area contributed by atoms with Crippen molar-refractivity contribution in [2.24, 2.45) is 30.7 Å². The van der Waals surface area contributed by atoms with Crippen LogP contribution in [-0.2, 0) is 60.7 Å². The van der Waals surface area contributed by atoms with E-state index in [0.717, 1.165) is 47.7 Å². The first-order valence-electron chi connectivity index (χ1n) is 22.8. The van der Waals surface area contributed by atoms with Crippen molar-refractivity contribution in [3.05, 3.63) is 114 Å². The molecule has 30 nitrogen and oxygen atoms in total. The summed E-state index contributed by atoms with van der Waals surface area (Å²) >= 11 is 6.93. The van der Waals surface area contributed by atoms with Gasteiger partial charge in [-0.15, -0.1) is 30.7 Å². The van der Waals surface area contributed by atoms with Gasteiger partial charge in [0.15, 0.2) is 11.4 Å². The molecule has 0 saturated heterocycles. The molecule has 2 heterocycles. The maximum absolute atomic E-state index is 13.2. The Balaban J connectivity index is 1.11. The van der Waals surface area contributed by atoms with Gasteiger partial charge in [0.2, 0.25) is 11.0 Å². The summed E-state index contributed by atoms with van der Waals surface area (Å²) in [7, 11) is -30.7. The van der Waals surface area contributed by atoms with E-state index in [1.165, 1.54) is 42.5 Å². The van der Waals surface area contributed by atoms with Gasteiger partial charge in [-0.2, -0.15) is 60.3 Å². The van der Waals surface area contributed by atoms with Crippen LogP contribution in [0.1, 0.15) is 12.0 Å². The Hall–Kier alpha value is -7.89. The van der Waals surface area contributed by atoms with Gasteiger partial charge in [-0.3, -0.25) is 27.3 Å². The molecule has 38 heteroatoms. The molecule has 0 radical (unpaired) electrons. The minimum absolute atomic E-state index is 0.0125. The number of nitrogens with zero attached hydrogens (tertiary/aromatic N) is 9. The van der Waals surface area contributed by atoms with E-state index in [4.69, 9.17) is 16.3 Å². The minimum atomic E-state index is -5.47. The Labute approximate surface area is 482 Å². The van der Waals surface area contributed by atoms with E-state index < -0.39 is 130 Å². The molecule has 9 rings (SSSR count). The van der Waals surface area contributed by atoms with Crippen molar-refractivity contribution in [3.63, 3.8) is 0 Å². The van der Waals surface area contributed by atoms with Crippen LogP contribution in [0.3, 0.4) is 0 Å². The molecule has 0 saturated carbocycles. The molecule has 8 N–H and O–H groups in total. The summed E-state index contributed by atoms with van der Waals surface area (Å²) in [6, 6.07) is 19.1. The summed E-state index contributed by atoms with van der Waals surface area (Å²) in [5.41, 5.74) is -1.97. The van der Waals surface area contributed by atoms with Crippen LogP contribution in [0.2, 0.25) is 5.02 Å². The van der Waals surface area contributed by atoms with Gasteiger partial charge in [0, 0.05) is 38.2 Å². The fourth-order valence-corrected chi connectivity index (χ4v) is 13.5. The number of halogens is 1. The van der Waals surface area contributed by atoms with E-state index in [9.17, 15) is 88.0 Å². The summed E-state index contributed by atoms with van der Waals surface area (Å²) < 4.78 is 214. The number of hydrogen-bond acceptors (Lipinski definition) is 24. The fourth-order valence-electron chi connectivity index (χ4n) is 8.18. The molecule has 84 heavy (non-hydrogen) atoms. The van der Waals surface area contributed by atoms with Crippen LogP contribution in [0.15, 0.2) is 158 Å². The number of benzene rings is 7. The number of azo groups is 3. The maximum atomic E-state index is 13.2. The van der Waals surface area contributed by atoms with Gasteiger partial charge in [0.05, 0.1) is 33.3 Å². The summed E-state index contributed by atoms with van der Waals surface area (Å²) in [4.78, 5) is -1.07. The largest absolute Gasteiger partial charge is 0.505 e. The molecule has 0 fully saturated rings. The average Bonchev–Trinajstić information content (AvgIpc) is 1.17. The molecule has 0 aliphatic rings. The van der Waals surface area contributed by atoms with Gasteiger partial charge in [-0.25, -0.2) is 4.98 Å². The molecule has 7 aromatic carbocycles. The van der Waals surface area contributed by atoms with Crippen LogP contribution >= 0.6 is 22.9 Å². The van der Waals surface area contributed by atoms with Crippen molar-refractivity contribution in [2.45, 2.75) is 37.8 Å². The first-order chi connectivity index (χ1) is 39.1. The summed E-state index contributed by atoms with van der Waals surface area (Å²) in [5.74, 6) is -2.53. The van der Waals surface area contributed by atoms with Crippen LogP contribution in [0.25, 0.3) is 48.7 Å². The van der Waals surface area contributed by atoms with Crippen molar-refractivity contribution in [1.82, 2.24) is 14.8 Å². The first kappa shape index (κ1) is 60.7. The third kappa shape index (κ3) is 12.9. The summed E-state index contributed by atoms with van der Waals surface area (Å²) in [6.45, 7) is 1.24. The second-order valence-electron chi connectivity index (χ2n) is 17.5. The average molecular weight is 1310 g/mol. The fraction of sp³-hybridized carbons (Fsp3) is 0.0870. The molecule has 0 aliphatic carbocycles. The number of thiazole rings is 1. The highest BCUT2D eigenvalue weighted by atomic mass is 35.5. The van der Waals surface area contributed by atoms with Crippen molar-refractivity contribution in [2.75, 3.05) is 12.4 Å². The zero-order valence-corrected chi connectivity index (χ0v) is 48.1. The highest BCUT2D eigenvalue weighted by Crippen LogP contribution is 2.46. The van der Waals surface area contributed by atoms with Gasteiger partial charge in [0.1, 0.15) is 53.6 Å². The van der Waals surface area contributed by atoms with Crippen LogP contribution < -0.4 is 4.74 Å². The predicted octanol–water partition coefficient (Wildman–Crippen LogP) is 9.96. The third-order valence-electron chi connectivity index (χ3n) is 11.8. The molecular formula is C46H34ClN9O21S7. The lowest BCUT2D eigenvalue weighted by Crippen LogP contribution is -2.08. The molecule has 0 amide bonds. The lowest BCUT2D eigenvalue weighted by molar-refractivity contribution is 0.317. The minimum Gasteiger partial charge on any atom is -0.505 e. The lowest BCUT2D eigenvalue weighted by Gasteiger charge is -2.13. The molecular weight excluding hydrogens is 1270 g/mol. The van der Waals surface area contributed by atoms with Crippen LogP contribution in [0.4, 0.5) is 33.6 Å². The predicted molar refractivity (Wildman–Crippen MR) is 298 cm³/mol. The second-order valence-corrected chi connectivity index (χ2v) is 27.5. The quantitative estimate of drug-likeness (QED) is 0.0225. The standard InChI is InChI=1S/C46H34ClN9O21S7/c1-22-14-34(35(77-12-5-13-79(59,60)61)21-33(22)51-54-46-48-41-36(78-46)15-24(47)16-39(41)83(71,72)73)52-49-31-10-9-28-27(43(31)57)8-11-32(44(28)84(74,75)76)50-53-42-40(23-6-3-2-4-7-23)55-56(45(42)58)25-17-29-30(37(18-25)81(65,66)67)19-26(80(62,63)64)20-38(29)82(68,69)70/h2-4,6-11,14-21,57-58H,5,12-13H2,1H3,(H,59,60,61)(H,62,63,64)(H,65,66,67)(H,68,69,70)(H,71,72,73)(H,74,75,76). The van der Waals surface area contributed by atoms with Crippen molar-refractivity contribution in [3.8, 4) is 34.3 Å². The van der Waals surface area contributed by atoms with E-state index in [0.29, 0.717) is 28.4 Å². The molecule has 2 aromatic heterocycles. The van der Waals surface area contributed by atoms with Crippen LogP contribution in [-0.4, -0.2) is 115 Å². The molecule has 0 atom stereocenters. The van der Waals surface area contributed by atoms with E-state index in [1.807, 2.05) is 0 Å². The summed E-state index contributed by atoms with van der Waals surface area (Å²) in [6.07, 6.45) is -0.215. The number of rotatable bonds is 18. The third-order valence-corrected chi connectivity index (χ3v) is 18.2. The topological polar surface area (TPSA) is 481 Å². The number of ether oxygens (including phenoxy) is 1. The molecule has 9 aromatic rings. The second kappa shape index (κ2) is 22.3. The molecule has 0 unspecified atom stereocenters. The normalized spacial score (nSPS) is 13.2. The van der Waals surface area contributed by atoms with E-state index in [2.05, 4.69) is 40.8 Å².